The summed E-state index contributed by atoms with van der Waals surface area (Å²) in [6.45, 7) is 3.13. The highest BCUT2D eigenvalue weighted by molar-refractivity contribution is 7.92. The predicted octanol–water partition coefficient (Wildman–Crippen LogP) is 5.35. The van der Waals surface area contributed by atoms with E-state index in [2.05, 4.69) is 0 Å². The predicted molar refractivity (Wildman–Crippen MR) is 109 cm³/mol. The molecule has 0 aliphatic carbocycles. The van der Waals surface area contributed by atoms with Crippen LogP contribution in [0.3, 0.4) is 0 Å². The van der Waals surface area contributed by atoms with Gasteiger partial charge in [0.1, 0.15) is 0 Å². The number of piperidine rings is 1. The molecule has 1 aliphatic rings. The summed E-state index contributed by atoms with van der Waals surface area (Å²) in [7, 11) is -4.12. The largest absolute Gasteiger partial charge is 0.416 e. The van der Waals surface area contributed by atoms with Crippen molar-refractivity contribution in [1.82, 2.24) is 0 Å². The Bertz CT molecular complexity index is 1070. The third-order valence-electron chi connectivity index (χ3n) is 5.68. The molecular weight excluding hydrogens is 439 g/mol. The van der Waals surface area contributed by atoms with Gasteiger partial charge in [0.05, 0.1) is 15.2 Å². The van der Waals surface area contributed by atoms with Crippen LogP contribution in [0.2, 0.25) is 5.02 Å². The van der Waals surface area contributed by atoms with E-state index in [1.807, 2.05) is 0 Å². The molecule has 1 aliphatic heterocycles. The normalized spacial score (nSPS) is 18.5. The first-order valence-corrected chi connectivity index (χ1v) is 11.2. The van der Waals surface area contributed by atoms with Gasteiger partial charge in [-0.1, -0.05) is 23.7 Å². The van der Waals surface area contributed by atoms with Crippen molar-refractivity contribution in [3.63, 3.8) is 0 Å². The lowest BCUT2D eigenvalue weighted by Gasteiger charge is -2.41. The molecule has 0 unspecified atom stereocenters. The molecule has 4 nitrogen and oxygen atoms in total. The van der Waals surface area contributed by atoms with Crippen molar-refractivity contribution in [2.75, 3.05) is 11.4 Å². The van der Waals surface area contributed by atoms with Gasteiger partial charge in [0.25, 0.3) is 0 Å². The minimum Gasteiger partial charge on any atom is -0.312 e. The first-order chi connectivity index (χ1) is 13.8. The van der Waals surface area contributed by atoms with Crippen LogP contribution in [0.5, 0.6) is 0 Å². The summed E-state index contributed by atoms with van der Waals surface area (Å²) in [5, 5.41) is 0.443. The fraction of sp³-hybridized carbons (Fsp3) is 0.381. The lowest BCUT2D eigenvalue weighted by molar-refractivity contribution is -0.137. The third-order valence-corrected chi connectivity index (χ3v) is 8.51. The van der Waals surface area contributed by atoms with Crippen LogP contribution in [0.15, 0.2) is 53.4 Å². The van der Waals surface area contributed by atoms with E-state index in [-0.39, 0.29) is 23.8 Å². The second-order valence-electron chi connectivity index (χ2n) is 7.85. The molecule has 0 saturated carbocycles. The van der Waals surface area contributed by atoms with Crippen LogP contribution in [-0.4, -0.2) is 25.6 Å². The van der Waals surface area contributed by atoms with Crippen molar-refractivity contribution in [1.29, 1.82) is 0 Å². The highest BCUT2D eigenvalue weighted by Gasteiger charge is 2.46. The van der Waals surface area contributed by atoms with Crippen molar-refractivity contribution in [3.8, 4) is 0 Å². The average Bonchev–Trinajstić information content (AvgIpc) is 2.67. The third kappa shape index (κ3) is 4.21. The van der Waals surface area contributed by atoms with Crippen molar-refractivity contribution in [2.24, 2.45) is 5.92 Å². The Morgan fingerprint density at radius 3 is 2.37 bits per heavy atom. The SMILES string of the molecule is CC(C)([C@H]1CCC(=O)N(c2cccc(Cl)c2)C1)S(=O)(=O)c1cccc(C(F)(F)F)c1. The van der Waals surface area contributed by atoms with Crippen LogP contribution in [-0.2, 0) is 20.8 Å². The van der Waals surface area contributed by atoms with Crippen molar-refractivity contribution in [2.45, 2.75) is 42.5 Å². The molecule has 2 aromatic carbocycles. The van der Waals surface area contributed by atoms with Crippen LogP contribution >= 0.6 is 11.6 Å². The lowest BCUT2D eigenvalue weighted by atomic mass is 9.86. The van der Waals surface area contributed by atoms with E-state index in [0.29, 0.717) is 23.2 Å². The van der Waals surface area contributed by atoms with E-state index in [1.54, 1.807) is 24.3 Å². The fourth-order valence-electron chi connectivity index (χ4n) is 3.67. The molecule has 1 atom stereocenters. The molecule has 1 saturated heterocycles. The smallest absolute Gasteiger partial charge is 0.312 e. The maximum atomic E-state index is 13.3. The maximum absolute atomic E-state index is 13.3. The van der Waals surface area contributed by atoms with Crippen LogP contribution < -0.4 is 4.90 Å². The molecule has 3 rings (SSSR count). The average molecular weight is 460 g/mol. The molecule has 2 aromatic rings. The Hall–Kier alpha value is -2.06. The van der Waals surface area contributed by atoms with Gasteiger partial charge in [0.2, 0.25) is 5.91 Å². The number of rotatable bonds is 4. The van der Waals surface area contributed by atoms with E-state index in [1.165, 1.54) is 24.8 Å². The number of halogens is 4. The molecule has 0 spiro atoms. The number of amides is 1. The second kappa shape index (κ2) is 7.89. The van der Waals surface area contributed by atoms with Crippen molar-refractivity contribution >= 4 is 33.0 Å². The molecule has 1 heterocycles. The summed E-state index contributed by atoms with van der Waals surface area (Å²) in [5.41, 5.74) is -0.455. The molecule has 1 fully saturated rings. The first-order valence-electron chi connectivity index (χ1n) is 9.32. The molecule has 0 radical (unpaired) electrons. The van der Waals surface area contributed by atoms with Gasteiger partial charge in [0, 0.05) is 23.7 Å². The zero-order valence-corrected chi connectivity index (χ0v) is 18.0. The number of hydrogen-bond acceptors (Lipinski definition) is 3. The number of benzene rings is 2. The summed E-state index contributed by atoms with van der Waals surface area (Å²) >= 11 is 6.02. The fourth-order valence-corrected chi connectivity index (χ4v) is 5.63. The summed E-state index contributed by atoms with van der Waals surface area (Å²) in [6, 6.07) is 10.5. The summed E-state index contributed by atoms with van der Waals surface area (Å²) in [6.07, 6.45) is -4.18. The molecule has 1 amide bonds. The van der Waals surface area contributed by atoms with E-state index in [4.69, 9.17) is 11.6 Å². The minimum atomic E-state index is -4.64. The van der Waals surface area contributed by atoms with Gasteiger partial charge in [-0.3, -0.25) is 4.79 Å². The van der Waals surface area contributed by atoms with Gasteiger partial charge in [-0.25, -0.2) is 8.42 Å². The number of carbonyl (C=O) groups excluding carboxylic acids is 1. The highest BCUT2D eigenvalue weighted by atomic mass is 35.5. The molecule has 0 aromatic heterocycles. The molecule has 30 heavy (non-hydrogen) atoms. The molecule has 9 heteroatoms. The lowest BCUT2D eigenvalue weighted by Crippen LogP contribution is -2.50. The summed E-state index contributed by atoms with van der Waals surface area (Å²) in [4.78, 5) is 13.6. The monoisotopic (exact) mass is 459 g/mol. The number of nitrogens with zero attached hydrogens (tertiary/aromatic N) is 1. The summed E-state index contributed by atoms with van der Waals surface area (Å²) < 4.78 is 64.5. The zero-order chi connectivity index (χ0) is 22.3. The second-order valence-corrected chi connectivity index (χ2v) is 10.8. The van der Waals surface area contributed by atoms with Crippen LogP contribution in [0.1, 0.15) is 32.3 Å². The Labute approximate surface area is 178 Å². The van der Waals surface area contributed by atoms with Gasteiger partial charge in [0.15, 0.2) is 9.84 Å². The quantitative estimate of drug-likeness (QED) is 0.619. The van der Waals surface area contributed by atoms with E-state index in [9.17, 15) is 26.4 Å². The number of alkyl halides is 3. The number of sulfone groups is 1. The molecular formula is C21H21ClF3NO3S. The zero-order valence-electron chi connectivity index (χ0n) is 16.4. The van der Waals surface area contributed by atoms with E-state index >= 15 is 0 Å². The van der Waals surface area contributed by atoms with Gasteiger partial charge in [-0.05, 0) is 62.6 Å². The Morgan fingerprint density at radius 2 is 1.73 bits per heavy atom. The van der Waals surface area contributed by atoms with E-state index in [0.717, 1.165) is 12.1 Å². The van der Waals surface area contributed by atoms with Crippen molar-refractivity contribution < 1.29 is 26.4 Å². The molecule has 0 bridgehead atoms. The van der Waals surface area contributed by atoms with Gasteiger partial charge < -0.3 is 4.90 Å². The Balaban J connectivity index is 1.95. The Morgan fingerprint density at radius 1 is 1.07 bits per heavy atom. The summed E-state index contributed by atoms with van der Waals surface area (Å²) in [5.74, 6) is -0.630. The number of carbonyl (C=O) groups is 1. The number of hydrogen-bond donors (Lipinski definition) is 0. The molecule has 0 N–H and O–H groups in total. The van der Waals surface area contributed by atoms with Gasteiger partial charge in [-0.15, -0.1) is 0 Å². The number of anilines is 1. The Kier molecular flexibility index (Phi) is 5.95. The minimum absolute atomic E-state index is 0.129. The topological polar surface area (TPSA) is 54.5 Å². The van der Waals surface area contributed by atoms with Crippen LogP contribution in [0.4, 0.5) is 18.9 Å². The standard InChI is InChI=1S/C21H21ClF3NO3S/c1-20(2,30(28,29)18-8-3-5-14(11-18)21(23,24)25)15-9-10-19(27)26(13-15)17-7-4-6-16(22)12-17/h3-8,11-12,15H,9-10,13H2,1-2H3/t15-/m0/s1. The maximum Gasteiger partial charge on any atom is 0.416 e. The van der Waals surface area contributed by atoms with Crippen LogP contribution in [0, 0.1) is 5.92 Å². The molecule has 162 valence electrons. The van der Waals surface area contributed by atoms with Crippen LogP contribution in [0.25, 0.3) is 0 Å². The first kappa shape index (κ1) is 22.6. The van der Waals surface area contributed by atoms with Gasteiger partial charge in [-0.2, -0.15) is 13.2 Å². The highest BCUT2D eigenvalue weighted by Crippen LogP contribution is 2.40. The van der Waals surface area contributed by atoms with E-state index < -0.39 is 32.2 Å². The van der Waals surface area contributed by atoms with Crippen molar-refractivity contribution in [3.05, 3.63) is 59.1 Å². The van der Waals surface area contributed by atoms with Gasteiger partial charge >= 0.3 is 6.18 Å².